The Morgan fingerprint density at radius 3 is 2.48 bits per heavy atom. The van der Waals surface area contributed by atoms with E-state index in [2.05, 4.69) is 20.2 Å². The number of aliphatic carboxylic acids is 1. The van der Waals surface area contributed by atoms with E-state index in [0.717, 1.165) is 0 Å². The second-order valence-corrected chi connectivity index (χ2v) is 5.49. The molecule has 0 amide bonds. The number of hydrogen-bond acceptors (Lipinski definition) is 5. The number of carboxylic acids is 1. The van der Waals surface area contributed by atoms with Crippen molar-refractivity contribution >= 4 is 5.97 Å². The molecule has 0 saturated carbocycles. The molecule has 0 aliphatic carbocycles. The third-order valence-corrected chi connectivity index (χ3v) is 3.64. The molecule has 1 atom stereocenters. The van der Waals surface area contributed by atoms with Crippen molar-refractivity contribution in [1.29, 1.82) is 0 Å². The largest absolute Gasteiger partial charge is 0.477 e. The molecule has 0 fully saturated rings. The molecule has 0 aliphatic heterocycles. The summed E-state index contributed by atoms with van der Waals surface area (Å²) in [5.74, 6) is -7.01. The predicted octanol–water partition coefficient (Wildman–Crippen LogP) is 4.92. The van der Waals surface area contributed by atoms with Crippen LogP contribution in [0, 0.1) is 0 Å². The number of carbonyl (C=O) groups is 1. The van der Waals surface area contributed by atoms with Gasteiger partial charge in [0.1, 0.15) is 0 Å². The number of benzene rings is 1. The summed E-state index contributed by atoms with van der Waals surface area (Å²) in [5.41, 5.74) is 9.46. The van der Waals surface area contributed by atoms with Crippen LogP contribution >= 0.6 is 0 Å². The number of alkyl halides is 4. The quantitative estimate of drug-likeness (QED) is 0.283. The SMILES string of the molecule is [N-]=[N+]=NC(CCCC(F)(F)C(=O)O)c1ccc(-c2nnc(C(F)F)o2)cc1. The van der Waals surface area contributed by atoms with Crippen molar-refractivity contribution < 1.29 is 31.9 Å². The molecule has 0 radical (unpaired) electrons. The van der Waals surface area contributed by atoms with Crippen molar-refractivity contribution in [1.82, 2.24) is 10.2 Å². The van der Waals surface area contributed by atoms with Crippen molar-refractivity contribution in [2.24, 2.45) is 5.11 Å². The summed E-state index contributed by atoms with van der Waals surface area (Å²) < 4.78 is 56.0. The van der Waals surface area contributed by atoms with Crippen LogP contribution in [-0.2, 0) is 4.79 Å². The van der Waals surface area contributed by atoms with Gasteiger partial charge in [0.15, 0.2) is 0 Å². The normalized spacial score (nSPS) is 12.6. The molecule has 1 aromatic carbocycles. The average molecular weight is 387 g/mol. The fourth-order valence-electron chi connectivity index (χ4n) is 2.27. The zero-order chi connectivity index (χ0) is 20.0. The maximum absolute atomic E-state index is 13.1. The summed E-state index contributed by atoms with van der Waals surface area (Å²) in [5, 5.41) is 18.6. The molecule has 0 spiro atoms. The molecular formula is C15H13F4N5O3. The summed E-state index contributed by atoms with van der Waals surface area (Å²) in [6, 6.07) is 5.12. The Morgan fingerprint density at radius 2 is 1.96 bits per heavy atom. The predicted molar refractivity (Wildman–Crippen MR) is 83.0 cm³/mol. The van der Waals surface area contributed by atoms with E-state index in [1.807, 2.05) is 0 Å². The molecule has 0 bridgehead atoms. The van der Waals surface area contributed by atoms with Crippen molar-refractivity contribution in [3.05, 3.63) is 46.2 Å². The lowest BCUT2D eigenvalue weighted by Crippen LogP contribution is -2.27. The zero-order valence-corrected chi connectivity index (χ0v) is 13.6. The Balaban J connectivity index is 2.09. The molecule has 2 rings (SSSR count). The van der Waals surface area contributed by atoms with Gasteiger partial charge < -0.3 is 9.52 Å². The maximum atomic E-state index is 13.1. The first-order chi connectivity index (χ1) is 12.7. The highest BCUT2D eigenvalue weighted by atomic mass is 19.3. The third-order valence-electron chi connectivity index (χ3n) is 3.64. The lowest BCUT2D eigenvalue weighted by molar-refractivity contribution is -0.165. The van der Waals surface area contributed by atoms with Crippen molar-refractivity contribution in [3.8, 4) is 11.5 Å². The topological polar surface area (TPSA) is 125 Å². The Morgan fingerprint density at radius 1 is 1.30 bits per heavy atom. The third kappa shape index (κ3) is 5.17. The first-order valence-corrected chi connectivity index (χ1v) is 7.62. The van der Waals surface area contributed by atoms with Crippen LogP contribution in [0.1, 0.15) is 43.2 Å². The van der Waals surface area contributed by atoms with Gasteiger partial charge in [-0.2, -0.15) is 17.6 Å². The molecule has 144 valence electrons. The minimum Gasteiger partial charge on any atom is -0.477 e. The van der Waals surface area contributed by atoms with Crippen molar-refractivity contribution in [3.63, 3.8) is 0 Å². The highest BCUT2D eigenvalue weighted by Crippen LogP contribution is 2.30. The molecule has 1 N–H and O–H groups in total. The summed E-state index contributed by atoms with van der Waals surface area (Å²) in [6.07, 6.45) is -3.98. The van der Waals surface area contributed by atoms with Crippen LogP contribution in [0.2, 0.25) is 0 Å². The van der Waals surface area contributed by atoms with Gasteiger partial charge in [0.2, 0.25) is 5.89 Å². The Kier molecular flexibility index (Phi) is 6.35. The zero-order valence-electron chi connectivity index (χ0n) is 13.6. The number of rotatable bonds is 9. The van der Waals surface area contributed by atoms with Crippen LogP contribution in [0.15, 0.2) is 33.8 Å². The van der Waals surface area contributed by atoms with Crippen LogP contribution in [0.5, 0.6) is 0 Å². The maximum Gasteiger partial charge on any atom is 0.374 e. The van der Waals surface area contributed by atoms with Gasteiger partial charge in [0, 0.05) is 16.9 Å². The van der Waals surface area contributed by atoms with Gasteiger partial charge in [0.25, 0.3) is 5.89 Å². The molecule has 1 unspecified atom stereocenters. The number of nitrogens with zero attached hydrogens (tertiary/aromatic N) is 5. The van der Waals surface area contributed by atoms with Crippen LogP contribution in [0.4, 0.5) is 17.6 Å². The van der Waals surface area contributed by atoms with Crippen molar-refractivity contribution in [2.45, 2.75) is 37.7 Å². The number of carboxylic acid groups (broad SMARTS) is 1. The molecule has 8 nitrogen and oxygen atoms in total. The van der Waals surface area contributed by atoms with Crippen LogP contribution in [-0.4, -0.2) is 27.2 Å². The summed E-state index contributed by atoms with van der Waals surface area (Å²) in [4.78, 5) is 13.1. The highest BCUT2D eigenvalue weighted by molar-refractivity contribution is 5.75. The van der Waals surface area contributed by atoms with E-state index < -0.39 is 36.7 Å². The number of aromatic nitrogens is 2. The number of azide groups is 1. The van der Waals surface area contributed by atoms with Crippen molar-refractivity contribution in [2.75, 3.05) is 0 Å². The fraction of sp³-hybridized carbons (Fsp3) is 0.400. The first kappa shape index (κ1) is 20.2. The molecule has 1 aromatic heterocycles. The van der Waals surface area contributed by atoms with E-state index in [1.165, 1.54) is 24.3 Å². The standard InChI is InChI=1S/C15H13F4N5O3/c16-11(17)13-23-22-12(27-13)9-5-3-8(4-6-9)10(21-24-20)2-1-7-15(18,19)14(25)26/h3-6,10-11H,1-2,7H2,(H,25,26). The second-order valence-electron chi connectivity index (χ2n) is 5.49. The number of hydrogen-bond donors (Lipinski definition) is 1. The number of halogens is 4. The van der Waals surface area contributed by atoms with Gasteiger partial charge in [-0.15, -0.1) is 10.2 Å². The van der Waals surface area contributed by atoms with E-state index in [9.17, 15) is 22.4 Å². The van der Waals surface area contributed by atoms with Crippen LogP contribution in [0.3, 0.4) is 0 Å². The second kappa shape index (κ2) is 8.49. The molecular weight excluding hydrogens is 374 g/mol. The Hall–Kier alpha value is -3.14. The van der Waals surface area contributed by atoms with Gasteiger partial charge in [-0.25, -0.2) is 4.79 Å². The molecule has 0 saturated heterocycles. The van der Waals surface area contributed by atoms with E-state index >= 15 is 0 Å². The lowest BCUT2D eigenvalue weighted by atomic mass is 9.99. The fourth-order valence-corrected chi connectivity index (χ4v) is 2.27. The van der Waals surface area contributed by atoms with Crippen LogP contribution in [0.25, 0.3) is 21.9 Å². The molecule has 27 heavy (non-hydrogen) atoms. The first-order valence-electron chi connectivity index (χ1n) is 7.62. The van der Waals surface area contributed by atoms with Gasteiger partial charge in [-0.3, -0.25) is 0 Å². The Labute approximate surface area is 149 Å². The monoisotopic (exact) mass is 387 g/mol. The summed E-state index contributed by atoms with van der Waals surface area (Å²) >= 11 is 0. The van der Waals surface area contributed by atoms with E-state index in [4.69, 9.17) is 15.1 Å². The average Bonchev–Trinajstić information content (AvgIpc) is 3.11. The van der Waals surface area contributed by atoms with E-state index in [1.54, 1.807) is 0 Å². The smallest absolute Gasteiger partial charge is 0.374 e. The minimum absolute atomic E-state index is 0.00235. The summed E-state index contributed by atoms with van der Waals surface area (Å²) in [7, 11) is 0. The Bertz CT molecular complexity index is 834. The van der Waals surface area contributed by atoms with Gasteiger partial charge in [0.05, 0.1) is 6.04 Å². The molecule has 2 aromatic rings. The van der Waals surface area contributed by atoms with E-state index in [0.29, 0.717) is 11.1 Å². The lowest BCUT2D eigenvalue weighted by Gasteiger charge is -2.14. The van der Waals surface area contributed by atoms with Crippen LogP contribution < -0.4 is 0 Å². The minimum atomic E-state index is -3.86. The molecule has 1 heterocycles. The molecule has 12 heteroatoms. The van der Waals surface area contributed by atoms with Gasteiger partial charge >= 0.3 is 18.3 Å². The van der Waals surface area contributed by atoms with E-state index in [-0.39, 0.29) is 18.7 Å². The highest BCUT2D eigenvalue weighted by Gasteiger charge is 2.37. The van der Waals surface area contributed by atoms with Gasteiger partial charge in [-0.1, -0.05) is 17.2 Å². The summed E-state index contributed by atoms with van der Waals surface area (Å²) in [6.45, 7) is 0. The molecule has 0 aliphatic rings. The van der Waals surface area contributed by atoms with Gasteiger partial charge in [-0.05, 0) is 36.1 Å².